The van der Waals surface area contributed by atoms with Crippen molar-refractivity contribution in [2.24, 2.45) is 21.7 Å². The van der Waals surface area contributed by atoms with Crippen molar-refractivity contribution in [1.29, 1.82) is 0 Å². The van der Waals surface area contributed by atoms with Crippen LogP contribution in [0, 0.1) is 21.7 Å². The van der Waals surface area contributed by atoms with Gasteiger partial charge >= 0.3 is 0 Å². The van der Waals surface area contributed by atoms with Crippen molar-refractivity contribution in [3.63, 3.8) is 0 Å². The Morgan fingerprint density at radius 2 is 0.472 bits per heavy atom. The van der Waals surface area contributed by atoms with E-state index >= 15 is 0 Å². The third-order valence-electron chi connectivity index (χ3n) is 10.2. The van der Waals surface area contributed by atoms with E-state index in [1.54, 1.807) is 24.2 Å². The molecule has 0 nitrogen and oxygen atoms in total. The summed E-state index contributed by atoms with van der Waals surface area (Å²) in [6, 6.07) is 6.47. The highest BCUT2D eigenvalue weighted by atomic mass is 30.2. The first-order valence-electron chi connectivity index (χ1n) is 15.6. The molecule has 0 aromatic heterocycles. The summed E-state index contributed by atoms with van der Waals surface area (Å²) in [6.45, 7) is 53.6. The van der Waals surface area contributed by atoms with Crippen LogP contribution in [0.15, 0.2) is 0 Å². The van der Waals surface area contributed by atoms with Gasteiger partial charge < -0.3 is 0 Å². The average Bonchev–Trinajstić information content (AvgIpc) is 2.50. The largest absolute Gasteiger partial charge is 0.0656 e. The second-order valence-electron chi connectivity index (χ2n) is 19.5. The molecule has 0 unspecified atom stereocenters. The summed E-state index contributed by atoms with van der Waals surface area (Å²) in [6.07, 6.45) is 0. The molecule has 0 aliphatic carbocycles. The van der Waals surface area contributed by atoms with Crippen LogP contribution in [0.25, 0.3) is 0 Å². The molecule has 0 atom stereocenters. The molecule has 0 bridgehead atoms. The van der Waals surface area contributed by atoms with Crippen LogP contribution >= 0.6 is 0 Å². The molecule has 1 rings (SSSR count). The number of hydrogen-bond donors (Lipinski definition) is 0. The summed E-state index contributed by atoms with van der Waals surface area (Å²) >= 11 is 0. The summed E-state index contributed by atoms with van der Waals surface area (Å²) in [5.41, 5.74) is 5.47. The van der Waals surface area contributed by atoms with E-state index in [4.69, 9.17) is 0 Å². The lowest BCUT2D eigenvalue weighted by molar-refractivity contribution is 0.425. The molecule has 0 aromatic carbocycles. The van der Waals surface area contributed by atoms with E-state index in [-0.39, 0.29) is 0 Å². The minimum atomic E-state index is -1.64. The van der Waals surface area contributed by atoms with Crippen molar-refractivity contribution in [2.75, 3.05) is 0 Å². The Balaban J connectivity index is 4.65. The molecule has 0 aromatic rings. The summed E-state index contributed by atoms with van der Waals surface area (Å²) in [5.74, 6) is 0. The maximum Gasteiger partial charge on any atom is 0.0432 e. The molecule has 4 heteroatoms. The van der Waals surface area contributed by atoms with Crippen LogP contribution in [0.2, 0.25) is 46.3 Å². The molecule has 0 spiro atoms. The highest BCUT2D eigenvalue weighted by Gasteiger charge is 2.91. The van der Waals surface area contributed by atoms with Gasteiger partial charge in [0.1, 0.15) is 0 Å². The zero-order valence-electron chi connectivity index (χ0n) is 29.1. The van der Waals surface area contributed by atoms with Crippen LogP contribution in [0.1, 0.15) is 138 Å². The molecule has 1 heterocycles. The van der Waals surface area contributed by atoms with Gasteiger partial charge in [-0.15, -0.1) is 0 Å². The van der Waals surface area contributed by atoms with Crippen molar-refractivity contribution in [3.05, 3.63) is 0 Å². The highest BCUT2D eigenvalue weighted by molar-refractivity contribution is 8.15. The summed E-state index contributed by atoms with van der Waals surface area (Å²) in [4.78, 5) is 0. The Morgan fingerprint density at radius 1 is 0.333 bits per heavy atom. The molecule has 36 heavy (non-hydrogen) atoms. The van der Waals surface area contributed by atoms with Gasteiger partial charge in [0, 0.05) is 28.4 Å². The van der Waals surface area contributed by atoms with E-state index < -0.39 is 28.4 Å². The fraction of sp³-hybridized carbons (Fsp3) is 1.00. The van der Waals surface area contributed by atoms with Crippen molar-refractivity contribution in [3.8, 4) is 0 Å². The lowest BCUT2D eigenvalue weighted by Crippen LogP contribution is -3.10. The summed E-state index contributed by atoms with van der Waals surface area (Å²) in [5, 5.41) is 0. The second-order valence-corrected chi connectivity index (χ2v) is 60.7. The first-order valence-corrected chi connectivity index (χ1v) is 28.7. The van der Waals surface area contributed by atoms with Crippen LogP contribution in [0.4, 0.5) is 0 Å². The fourth-order valence-corrected chi connectivity index (χ4v) is 183. The molecule has 1 aliphatic rings. The quantitative estimate of drug-likeness (QED) is 0.255. The van der Waals surface area contributed by atoms with Gasteiger partial charge in [-0.05, 0) is 21.7 Å². The van der Waals surface area contributed by atoms with Crippen LogP contribution < -0.4 is 0 Å². The van der Waals surface area contributed by atoms with Gasteiger partial charge in [-0.3, -0.25) is 0 Å². The van der Waals surface area contributed by atoms with Gasteiger partial charge in [0.15, 0.2) is 0 Å². The lowest BCUT2D eigenvalue weighted by Gasteiger charge is -2.87. The second kappa shape index (κ2) is 10.4. The van der Waals surface area contributed by atoms with Crippen molar-refractivity contribution < 1.29 is 0 Å². The third kappa shape index (κ3) is 5.55. The van der Waals surface area contributed by atoms with Crippen molar-refractivity contribution in [2.45, 2.75) is 185 Å². The van der Waals surface area contributed by atoms with Crippen LogP contribution in [-0.2, 0) is 0 Å². The van der Waals surface area contributed by atoms with Crippen molar-refractivity contribution in [1.82, 2.24) is 0 Å². The predicted octanol–water partition coefficient (Wildman–Crippen LogP) is 11.9. The smallest absolute Gasteiger partial charge is 0.0432 e. The molecule has 0 amide bonds. The minimum absolute atomic E-state index is 0.433. The molecular weight excluding hydrogens is 497 g/mol. The first-order chi connectivity index (χ1) is 15.6. The zero-order valence-corrected chi connectivity index (χ0v) is 33.1. The van der Waals surface area contributed by atoms with Gasteiger partial charge in [0.25, 0.3) is 0 Å². The molecule has 1 fully saturated rings. The van der Waals surface area contributed by atoms with E-state index in [0.717, 1.165) is 22.2 Å². The first kappa shape index (κ1) is 34.9. The summed E-state index contributed by atoms with van der Waals surface area (Å²) in [7, 11) is -6.48. The lowest BCUT2D eigenvalue weighted by atomic mass is 10.00. The maximum absolute atomic E-state index is 2.76. The zero-order chi connectivity index (χ0) is 29.1. The van der Waals surface area contributed by atoms with E-state index in [1.807, 2.05) is 0 Å². The Hall–Kier alpha value is 0.868. The maximum atomic E-state index is 2.76. The van der Waals surface area contributed by atoms with E-state index in [0.29, 0.717) is 21.7 Å². The molecule has 1 saturated heterocycles. The SMILES string of the molecule is CC(C)[Si]1(C(C)C)[Si](CC(C)(C)C)(CC(C)(C)C)[Si](CC(C)(C)C)(CC(C)(C)C)[Si]1(C(C)C)C(C)C. The number of hydrogen-bond acceptors (Lipinski definition) is 0. The molecular formula is C32H72Si4. The highest BCUT2D eigenvalue weighted by Crippen LogP contribution is 2.75. The molecule has 0 saturated carbocycles. The topological polar surface area (TPSA) is 0 Å². The average molecular weight is 569 g/mol. The van der Waals surface area contributed by atoms with Crippen LogP contribution in [-0.4, -0.2) is 28.4 Å². The van der Waals surface area contributed by atoms with E-state index in [1.165, 1.54) is 0 Å². The monoisotopic (exact) mass is 568 g/mol. The van der Waals surface area contributed by atoms with Gasteiger partial charge in [-0.25, -0.2) is 0 Å². The third-order valence-corrected chi connectivity index (χ3v) is 109. The fourth-order valence-electron chi connectivity index (χ4n) is 12.0. The Labute approximate surface area is 234 Å². The van der Waals surface area contributed by atoms with Crippen LogP contribution in [0.5, 0.6) is 0 Å². The van der Waals surface area contributed by atoms with Crippen LogP contribution in [0.3, 0.4) is 0 Å². The van der Waals surface area contributed by atoms with Gasteiger partial charge in [0.05, 0.1) is 0 Å². The van der Waals surface area contributed by atoms with Gasteiger partial charge in [0.2, 0.25) is 0 Å². The standard InChI is InChI=1S/C32H72Si4/c1-25(2)35(26(3)4)33(21-29(9,10)11,22-30(12,13)14)34(23-31(15,16)17,24-32(18,19)20)36(35,27(5)6)28(7)8/h25-28H,21-24H2,1-20H3. The molecule has 216 valence electrons. The normalized spacial score (nSPS) is 22.0. The van der Waals surface area contributed by atoms with Gasteiger partial charge in [-0.2, -0.15) is 0 Å². The minimum Gasteiger partial charge on any atom is -0.0656 e. The van der Waals surface area contributed by atoms with E-state index in [2.05, 4.69) is 138 Å². The Bertz CT molecular complexity index is 620. The molecule has 0 N–H and O–H groups in total. The van der Waals surface area contributed by atoms with Gasteiger partial charge in [-0.1, -0.05) is 185 Å². The molecule has 0 radical (unpaired) electrons. The molecule has 1 aliphatic heterocycles. The Morgan fingerprint density at radius 3 is 0.556 bits per heavy atom. The van der Waals surface area contributed by atoms with Crippen molar-refractivity contribution >= 4 is 28.4 Å². The predicted molar refractivity (Wildman–Crippen MR) is 180 cm³/mol. The summed E-state index contributed by atoms with van der Waals surface area (Å²) < 4.78 is 0. The Kier molecular flexibility index (Phi) is 10.0. The number of rotatable bonds is 8. The van der Waals surface area contributed by atoms with E-state index in [9.17, 15) is 0 Å².